The molecule has 0 aliphatic rings. The Bertz CT molecular complexity index is 145. The van der Waals surface area contributed by atoms with Crippen molar-refractivity contribution in [2.45, 2.75) is 6.92 Å². The Balaban J connectivity index is 0.000000187. The zero-order chi connectivity index (χ0) is 8.36. The van der Waals surface area contributed by atoms with Gasteiger partial charge in [-0.3, -0.25) is 0 Å². The van der Waals surface area contributed by atoms with Gasteiger partial charge in [-0.2, -0.15) is 0 Å². The van der Waals surface area contributed by atoms with E-state index in [9.17, 15) is 0 Å². The average molecular weight is 167 g/mol. The highest BCUT2D eigenvalue weighted by atomic mass is 32.2. The summed E-state index contributed by atoms with van der Waals surface area (Å²) in [5.41, 5.74) is 0. The summed E-state index contributed by atoms with van der Waals surface area (Å²) in [6, 6.07) is 12.0. The van der Waals surface area contributed by atoms with Crippen molar-refractivity contribution in [3.8, 4) is 0 Å². The van der Waals surface area contributed by atoms with E-state index in [1.165, 1.54) is 11.9 Å². The van der Waals surface area contributed by atoms with Crippen LogP contribution >= 0.6 is 11.9 Å². The summed E-state index contributed by atoms with van der Waals surface area (Å²) in [7, 11) is 0. The number of hydrogen-bond acceptors (Lipinski definition) is 2. The lowest BCUT2D eigenvalue weighted by molar-refractivity contribution is 1.72. The lowest BCUT2D eigenvalue weighted by Crippen LogP contribution is -1.47. The Morgan fingerprint density at radius 2 is 1.36 bits per heavy atom. The first-order valence-electron chi connectivity index (χ1n) is 3.43. The van der Waals surface area contributed by atoms with Gasteiger partial charge < -0.3 is 0 Å². The Morgan fingerprint density at radius 1 is 1.00 bits per heavy atom. The molecule has 0 aliphatic heterocycles. The minimum absolute atomic E-state index is 1.47. The van der Waals surface area contributed by atoms with Gasteiger partial charge in [-0.05, 0) is 18.9 Å². The van der Waals surface area contributed by atoms with Crippen LogP contribution in [0.1, 0.15) is 6.92 Å². The molecule has 11 heavy (non-hydrogen) atoms. The second kappa shape index (κ2) is 9.24. The predicted octanol–water partition coefficient (Wildman–Crippen LogP) is 3.04. The molecule has 1 rings (SSSR count). The minimum Gasteiger partial charge on any atom is -0.230 e. The van der Waals surface area contributed by atoms with E-state index >= 15 is 0 Å². The molecule has 2 heteroatoms. The Hall–Kier alpha value is -0.760. The molecule has 0 aromatic heterocycles. The Morgan fingerprint density at radius 3 is 1.45 bits per heavy atom. The molecule has 60 valence electrons. The summed E-state index contributed by atoms with van der Waals surface area (Å²) in [5, 5.41) is 0. The molecule has 0 saturated heterocycles. The van der Waals surface area contributed by atoms with E-state index in [0.29, 0.717) is 0 Å². The summed E-state index contributed by atoms with van der Waals surface area (Å²) >= 11 is 1.47. The fourth-order valence-corrected chi connectivity index (χ4v) is 0.701. The van der Waals surface area contributed by atoms with Crippen molar-refractivity contribution in [3.63, 3.8) is 0 Å². The van der Waals surface area contributed by atoms with Gasteiger partial charge in [-0.25, -0.2) is 4.40 Å². The van der Waals surface area contributed by atoms with Crippen molar-refractivity contribution < 1.29 is 0 Å². The van der Waals surface area contributed by atoms with Gasteiger partial charge in [0.1, 0.15) is 0 Å². The first kappa shape index (κ1) is 10.2. The van der Waals surface area contributed by atoms with Crippen LogP contribution in [0.5, 0.6) is 0 Å². The quantitative estimate of drug-likeness (QED) is 0.462. The summed E-state index contributed by atoms with van der Waals surface area (Å²) in [4.78, 5) is 0. The van der Waals surface area contributed by atoms with Crippen LogP contribution in [0.2, 0.25) is 0 Å². The fourth-order valence-electron chi connectivity index (χ4n) is 0.490. The van der Waals surface area contributed by atoms with E-state index in [4.69, 9.17) is 0 Å². The molecule has 0 amide bonds. The largest absolute Gasteiger partial charge is 0.230 e. The highest BCUT2D eigenvalue weighted by molar-refractivity contribution is 7.97. The summed E-state index contributed by atoms with van der Waals surface area (Å²) in [5.74, 6) is 0. The van der Waals surface area contributed by atoms with E-state index in [-0.39, 0.29) is 0 Å². The molecule has 1 nitrogen and oxygen atoms in total. The monoisotopic (exact) mass is 167 g/mol. The third kappa shape index (κ3) is 9.24. The molecule has 0 N–H and O–H groups in total. The summed E-state index contributed by atoms with van der Waals surface area (Å²) in [6.45, 7) is 1.90. The molecule has 0 aliphatic carbocycles. The van der Waals surface area contributed by atoms with E-state index in [1.54, 1.807) is 6.21 Å². The van der Waals surface area contributed by atoms with Crippen LogP contribution in [0, 0.1) is 0 Å². The van der Waals surface area contributed by atoms with Crippen molar-refractivity contribution in [1.82, 2.24) is 0 Å². The van der Waals surface area contributed by atoms with Gasteiger partial charge in [0.05, 0.1) is 0 Å². The van der Waals surface area contributed by atoms with Crippen molar-refractivity contribution >= 4 is 18.2 Å². The molecule has 0 spiro atoms. The van der Waals surface area contributed by atoms with Gasteiger partial charge in [-0.1, -0.05) is 36.4 Å². The van der Waals surface area contributed by atoms with E-state index in [2.05, 4.69) is 4.40 Å². The number of hydrogen-bond donors (Lipinski definition) is 0. The van der Waals surface area contributed by atoms with Crippen LogP contribution in [0.3, 0.4) is 0 Å². The first-order valence-corrected chi connectivity index (χ1v) is 4.61. The second-order valence-corrected chi connectivity index (χ2v) is 2.28. The molecule has 1 aromatic carbocycles. The topological polar surface area (TPSA) is 12.4 Å². The van der Waals surface area contributed by atoms with Crippen molar-refractivity contribution in [2.75, 3.05) is 6.26 Å². The van der Waals surface area contributed by atoms with Crippen molar-refractivity contribution in [2.24, 2.45) is 4.40 Å². The molecule has 0 heterocycles. The Labute approximate surface area is 72.7 Å². The first-order chi connectivity index (χ1) is 5.41. The molecular formula is C9H13NS. The number of nitrogens with zero attached hydrogens (tertiary/aromatic N) is 1. The van der Waals surface area contributed by atoms with E-state index in [1.807, 2.05) is 49.6 Å². The zero-order valence-electron chi connectivity index (χ0n) is 6.90. The maximum Gasteiger partial charge on any atom is 0.00946 e. The number of rotatable bonds is 1. The van der Waals surface area contributed by atoms with Crippen LogP contribution in [-0.2, 0) is 0 Å². The Kier molecular flexibility index (Phi) is 8.60. The van der Waals surface area contributed by atoms with Crippen LogP contribution in [-0.4, -0.2) is 12.5 Å². The van der Waals surface area contributed by atoms with Gasteiger partial charge in [0.15, 0.2) is 0 Å². The lowest BCUT2D eigenvalue weighted by Gasteiger charge is -1.69. The SMILES string of the molecule is C/C=N\SC.c1ccccc1. The molecule has 0 radical (unpaired) electrons. The third-order valence-electron chi connectivity index (χ3n) is 0.877. The smallest absolute Gasteiger partial charge is 0.00946 e. The van der Waals surface area contributed by atoms with Gasteiger partial charge in [0.2, 0.25) is 0 Å². The average Bonchev–Trinajstić information content (AvgIpc) is 2.10. The highest BCUT2D eigenvalue weighted by Crippen LogP contribution is 1.87. The van der Waals surface area contributed by atoms with Gasteiger partial charge in [0.25, 0.3) is 0 Å². The van der Waals surface area contributed by atoms with Crippen molar-refractivity contribution in [3.05, 3.63) is 36.4 Å². The van der Waals surface area contributed by atoms with E-state index < -0.39 is 0 Å². The van der Waals surface area contributed by atoms with Gasteiger partial charge in [-0.15, -0.1) is 0 Å². The van der Waals surface area contributed by atoms with Gasteiger partial charge >= 0.3 is 0 Å². The minimum atomic E-state index is 1.47. The van der Waals surface area contributed by atoms with Crippen molar-refractivity contribution in [1.29, 1.82) is 0 Å². The standard InChI is InChI=1S/C6H6.C3H7NS/c1-2-4-6-5-3-1;1-3-4-5-2/h1-6H;3H,1-2H3/b;4-3-. The zero-order valence-corrected chi connectivity index (χ0v) is 7.71. The summed E-state index contributed by atoms with van der Waals surface area (Å²) in [6.07, 6.45) is 3.70. The number of benzene rings is 1. The van der Waals surface area contributed by atoms with Crippen LogP contribution < -0.4 is 0 Å². The highest BCUT2D eigenvalue weighted by Gasteiger charge is 1.57. The maximum atomic E-state index is 3.76. The fraction of sp³-hybridized carbons (Fsp3) is 0.222. The molecule has 0 atom stereocenters. The molecule has 0 saturated carbocycles. The molecule has 0 fully saturated rings. The van der Waals surface area contributed by atoms with Crippen LogP contribution in [0.4, 0.5) is 0 Å². The molecular weight excluding hydrogens is 154 g/mol. The van der Waals surface area contributed by atoms with Crippen LogP contribution in [0.15, 0.2) is 40.8 Å². The lowest BCUT2D eigenvalue weighted by atomic mass is 10.4. The maximum absolute atomic E-state index is 3.76. The third-order valence-corrected chi connectivity index (χ3v) is 1.30. The molecule has 0 unspecified atom stereocenters. The summed E-state index contributed by atoms with van der Waals surface area (Å²) < 4.78 is 3.76. The van der Waals surface area contributed by atoms with E-state index in [0.717, 1.165) is 0 Å². The predicted molar refractivity (Wildman–Crippen MR) is 54.1 cm³/mol. The normalized spacial score (nSPS) is 8.91. The molecule has 0 bridgehead atoms. The van der Waals surface area contributed by atoms with Crippen LogP contribution in [0.25, 0.3) is 0 Å². The molecule has 1 aromatic rings. The second-order valence-electron chi connectivity index (χ2n) is 1.70. The van der Waals surface area contributed by atoms with Gasteiger partial charge in [0, 0.05) is 12.5 Å².